The quantitative estimate of drug-likeness (QED) is 0.560. The summed E-state index contributed by atoms with van der Waals surface area (Å²) in [5.74, 6) is 2.85. The van der Waals surface area contributed by atoms with Crippen LogP contribution in [0.3, 0.4) is 0 Å². The summed E-state index contributed by atoms with van der Waals surface area (Å²) < 4.78 is 0. The van der Waals surface area contributed by atoms with E-state index < -0.39 is 0 Å². The number of nitrogens with two attached hydrogens (primary N) is 1. The third-order valence-electron chi connectivity index (χ3n) is 3.82. The summed E-state index contributed by atoms with van der Waals surface area (Å²) in [6, 6.07) is 0. The van der Waals surface area contributed by atoms with Crippen molar-refractivity contribution in [3.05, 3.63) is 11.3 Å². The summed E-state index contributed by atoms with van der Waals surface area (Å²) in [5.41, 5.74) is 8.97. The molecule has 0 aromatic heterocycles. The van der Waals surface area contributed by atoms with Gasteiger partial charge in [0.25, 0.3) is 0 Å². The van der Waals surface area contributed by atoms with E-state index in [2.05, 4.69) is 0 Å². The summed E-state index contributed by atoms with van der Waals surface area (Å²) in [6.07, 6.45) is 7.02. The van der Waals surface area contributed by atoms with E-state index in [1.165, 1.54) is 37.8 Å². The average molecular weight is 149 g/mol. The second-order valence-corrected chi connectivity index (χ2v) is 4.60. The van der Waals surface area contributed by atoms with Crippen molar-refractivity contribution in [1.29, 1.82) is 0 Å². The van der Waals surface area contributed by atoms with Crippen molar-refractivity contribution in [2.24, 2.45) is 23.5 Å². The molecule has 0 aromatic carbocycles. The molecule has 0 saturated heterocycles. The van der Waals surface area contributed by atoms with E-state index in [4.69, 9.17) is 5.73 Å². The highest BCUT2D eigenvalue weighted by atomic mass is 14.7. The average Bonchev–Trinajstić information content (AvgIpc) is 1.98. The predicted molar refractivity (Wildman–Crippen MR) is 44.8 cm³/mol. The minimum absolute atomic E-state index is 0.802. The first-order valence-electron chi connectivity index (χ1n) is 4.80. The van der Waals surface area contributed by atoms with E-state index in [9.17, 15) is 0 Å². The van der Waals surface area contributed by atoms with Gasteiger partial charge in [0.2, 0.25) is 0 Å². The van der Waals surface area contributed by atoms with Crippen LogP contribution in [0.15, 0.2) is 11.3 Å². The zero-order valence-corrected chi connectivity index (χ0v) is 6.84. The highest BCUT2D eigenvalue weighted by Gasteiger charge is 2.40. The first-order valence-corrected chi connectivity index (χ1v) is 4.80. The molecule has 1 heteroatoms. The summed E-state index contributed by atoms with van der Waals surface area (Å²) in [5, 5.41) is 0. The van der Waals surface area contributed by atoms with Gasteiger partial charge in [-0.1, -0.05) is 5.57 Å². The molecule has 11 heavy (non-hydrogen) atoms. The lowest BCUT2D eigenvalue weighted by Gasteiger charge is -2.46. The monoisotopic (exact) mass is 149 g/mol. The van der Waals surface area contributed by atoms with E-state index >= 15 is 0 Å². The fourth-order valence-electron chi connectivity index (χ4n) is 3.46. The van der Waals surface area contributed by atoms with Crippen LogP contribution in [0.1, 0.15) is 32.1 Å². The van der Waals surface area contributed by atoms with Crippen LogP contribution in [0.2, 0.25) is 0 Å². The lowest BCUT2D eigenvalue weighted by atomic mass is 9.60. The molecule has 0 heterocycles. The van der Waals surface area contributed by atoms with Gasteiger partial charge < -0.3 is 5.73 Å². The molecule has 0 aliphatic heterocycles. The lowest BCUT2D eigenvalue weighted by Crippen LogP contribution is -2.37. The van der Waals surface area contributed by atoms with Crippen molar-refractivity contribution in [3.63, 3.8) is 0 Å². The molecule has 0 radical (unpaired) electrons. The maximum absolute atomic E-state index is 6.05. The molecular weight excluding hydrogens is 134 g/mol. The Hall–Kier alpha value is -0.460. The zero-order chi connectivity index (χ0) is 7.42. The Morgan fingerprint density at radius 3 is 2.18 bits per heavy atom. The molecule has 4 bridgehead atoms. The van der Waals surface area contributed by atoms with Crippen LogP contribution in [0.25, 0.3) is 0 Å². The Balaban J connectivity index is 2.07. The van der Waals surface area contributed by atoms with Gasteiger partial charge in [-0.2, -0.15) is 0 Å². The molecule has 4 aliphatic carbocycles. The molecule has 2 fully saturated rings. The number of rotatable bonds is 0. The molecule has 2 N–H and O–H groups in total. The number of hydrogen-bond acceptors (Lipinski definition) is 1. The van der Waals surface area contributed by atoms with Crippen LogP contribution in [0.4, 0.5) is 0 Å². The number of allylic oxidation sites excluding steroid dienone is 2. The fourth-order valence-corrected chi connectivity index (χ4v) is 3.46. The van der Waals surface area contributed by atoms with Crippen molar-refractivity contribution in [2.45, 2.75) is 32.1 Å². The molecule has 4 aliphatic rings. The van der Waals surface area contributed by atoms with Gasteiger partial charge in [0, 0.05) is 5.70 Å². The minimum atomic E-state index is 0.802. The third-order valence-corrected chi connectivity index (χ3v) is 3.82. The van der Waals surface area contributed by atoms with E-state index in [1.807, 2.05) is 0 Å². The Bertz CT molecular complexity index is 213. The van der Waals surface area contributed by atoms with Crippen LogP contribution < -0.4 is 5.73 Å². The zero-order valence-electron chi connectivity index (χ0n) is 6.84. The second kappa shape index (κ2) is 1.82. The maximum atomic E-state index is 6.05. The van der Waals surface area contributed by atoms with Gasteiger partial charge in [-0.25, -0.2) is 0 Å². The number of hydrogen-bond donors (Lipinski definition) is 1. The van der Waals surface area contributed by atoms with Crippen molar-refractivity contribution in [1.82, 2.24) is 0 Å². The molecule has 0 amide bonds. The van der Waals surface area contributed by atoms with Crippen LogP contribution in [0, 0.1) is 17.8 Å². The molecule has 0 aromatic rings. The summed E-state index contributed by atoms with van der Waals surface area (Å²) >= 11 is 0. The summed E-state index contributed by atoms with van der Waals surface area (Å²) in [7, 11) is 0. The van der Waals surface area contributed by atoms with Gasteiger partial charge in [0.15, 0.2) is 0 Å². The molecule has 2 saturated carbocycles. The van der Waals surface area contributed by atoms with Gasteiger partial charge >= 0.3 is 0 Å². The molecule has 2 atom stereocenters. The first-order chi connectivity index (χ1) is 5.33. The van der Waals surface area contributed by atoms with Crippen molar-refractivity contribution < 1.29 is 0 Å². The van der Waals surface area contributed by atoms with Crippen LogP contribution in [-0.4, -0.2) is 0 Å². The SMILES string of the molecule is NC1=C2CC3CC(C2)CC1C3. The topological polar surface area (TPSA) is 26.0 Å². The van der Waals surface area contributed by atoms with Crippen LogP contribution >= 0.6 is 0 Å². The Morgan fingerprint density at radius 1 is 1.00 bits per heavy atom. The first kappa shape index (κ1) is 6.10. The standard InChI is InChI=1S/C10H15N/c11-10-8-2-6-1-7(4-8)5-9(10)3-6/h6-8H,1-5,11H2. The summed E-state index contributed by atoms with van der Waals surface area (Å²) in [6.45, 7) is 0. The van der Waals surface area contributed by atoms with Crippen molar-refractivity contribution >= 4 is 0 Å². The largest absolute Gasteiger partial charge is 0.402 e. The second-order valence-electron chi connectivity index (χ2n) is 4.60. The molecular formula is C10H15N. The molecule has 4 rings (SSSR count). The molecule has 2 unspecified atom stereocenters. The normalized spacial score (nSPS) is 47.1. The smallest absolute Gasteiger partial charge is 0.0104 e. The summed E-state index contributed by atoms with van der Waals surface area (Å²) in [4.78, 5) is 0. The Labute approximate surface area is 67.7 Å². The fraction of sp³-hybridized carbons (Fsp3) is 0.800. The Kier molecular flexibility index (Phi) is 1.01. The minimum Gasteiger partial charge on any atom is -0.402 e. The molecule has 60 valence electrons. The van der Waals surface area contributed by atoms with E-state index in [0.717, 1.165) is 17.8 Å². The van der Waals surface area contributed by atoms with Crippen molar-refractivity contribution in [2.75, 3.05) is 0 Å². The van der Waals surface area contributed by atoms with Crippen molar-refractivity contribution in [3.8, 4) is 0 Å². The highest BCUT2D eigenvalue weighted by molar-refractivity contribution is 5.24. The van der Waals surface area contributed by atoms with Gasteiger partial charge in [0.05, 0.1) is 0 Å². The molecule has 1 nitrogen and oxygen atoms in total. The van der Waals surface area contributed by atoms with Gasteiger partial charge in [-0.15, -0.1) is 0 Å². The van der Waals surface area contributed by atoms with Crippen LogP contribution in [-0.2, 0) is 0 Å². The van der Waals surface area contributed by atoms with Gasteiger partial charge in [-0.3, -0.25) is 0 Å². The van der Waals surface area contributed by atoms with E-state index in [1.54, 1.807) is 5.57 Å². The predicted octanol–water partition coefficient (Wildman–Crippen LogP) is 2.04. The third kappa shape index (κ3) is 0.715. The molecule has 0 spiro atoms. The van der Waals surface area contributed by atoms with E-state index in [-0.39, 0.29) is 0 Å². The lowest BCUT2D eigenvalue weighted by molar-refractivity contribution is 0.156. The maximum Gasteiger partial charge on any atom is 0.0104 e. The van der Waals surface area contributed by atoms with Gasteiger partial charge in [0.1, 0.15) is 0 Å². The van der Waals surface area contributed by atoms with Gasteiger partial charge in [-0.05, 0) is 49.9 Å². The Morgan fingerprint density at radius 2 is 1.64 bits per heavy atom. The highest BCUT2D eigenvalue weighted by Crippen LogP contribution is 2.51. The van der Waals surface area contributed by atoms with Crippen LogP contribution in [0.5, 0.6) is 0 Å². The van der Waals surface area contributed by atoms with E-state index in [0.29, 0.717) is 0 Å².